The molecule has 2 aromatic carbocycles. The van der Waals surface area contributed by atoms with Crippen LogP contribution in [0.2, 0.25) is 0 Å². The van der Waals surface area contributed by atoms with Crippen LogP contribution in [0.25, 0.3) is 0 Å². The molecule has 0 aromatic heterocycles. The number of rotatable bonds is 4. The van der Waals surface area contributed by atoms with Gasteiger partial charge in [0.05, 0.1) is 11.1 Å². The molecular weight excluding hydrogens is 321 g/mol. The van der Waals surface area contributed by atoms with Crippen LogP contribution in [0.5, 0.6) is 0 Å². The first-order valence-corrected chi connectivity index (χ1v) is 7.08. The van der Waals surface area contributed by atoms with Gasteiger partial charge in [-0.15, -0.1) is 0 Å². The van der Waals surface area contributed by atoms with Crippen molar-refractivity contribution >= 4 is 11.8 Å². The smallest absolute Gasteiger partial charge is 0.355 e. The third-order valence-corrected chi connectivity index (χ3v) is 3.37. The maximum Gasteiger partial charge on any atom is 0.417 e. The van der Waals surface area contributed by atoms with Crippen LogP contribution in [0.15, 0.2) is 48.5 Å². The lowest BCUT2D eigenvalue weighted by Crippen LogP contribution is -2.26. The van der Waals surface area contributed by atoms with Gasteiger partial charge < -0.3 is 10.6 Å². The van der Waals surface area contributed by atoms with Gasteiger partial charge in [0.1, 0.15) is 0 Å². The molecule has 0 heterocycles. The van der Waals surface area contributed by atoms with Crippen molar-refractivity contribution in [1.29, 1.82) is 0 Å². The molecular formula is C17H15F3N2O2. The number of halogens is 3. The maximum absolute atomic E-state index is 12.9. The molecule has 7 heteroatoms. The number of benzene rings is 2. The highest BCUT2D eigenvalue weighted by atomic mass is 19.4. The lowest BCUT2D eigenvalue weighted by molar-refractivity contribution is -0.137. The Labute approximate surface area is 136 Å². The highest BCUT2D eigenvalue weighted by molar-refractivity contribution is 5.96. The first-order chi connectivity index (χ1) is 11.3. The van der Waals surface area contributed by atoms with E-state index >= 15 is 0 Å². The Morgan fingerprint density at radius 2 is 1.58 bits per heavy atom. The fourth-order valence-electron chi connectivity index (χ4n) is 2.12. The molecule has 126 valence electrons. The number of nitrogens with one attached hydrogen (secondary N) is 2. The SMILES string of the molecule is CNC(=O)c1ccc(CNC(=O)c2ccccc2C(F)(F)F)cc1. The van der Waals surface area contributed by atoms with Crippen molar-refractivity contribution < 1.29 is 22.8 Å². The van der Waals surface area contributed by atoms with Crippen molar-refractivity contribution in [3.8, 4) is 0 Å². The van der Waals surface area contributed by atoms with Crippen molar-refractivity contribution in [1.82, 2.24) is 10.6 Å². The molecule has 0 unspecified atom stereocenters. The molecule has 24 heavy (non-hydrogen) atoms. The lowest BCUT2D eigenvalue weighted by Gasteiger charge is -2.12. The summed E-state index contributed by atoms with van der Waals surface area (Å²) in [6, 6.07) is 11.0. The van der Waals surface area contributed by atoms with Gasteiger partial charge in [0, 0.05) is 19.2 Å². The van der Waals surface area contributed by atoms with Crippen LogP contribution in [0.3, 0.4) is 0 Å². The molecule has 0 aliphatic carbocycles. The number of alkyl halides is 3. The zero-order valence-corrected chi connectivity index (χ0v) is 12.8. The quantitative estimate of drug-likeness (QED) is 0.902. The Kier molecular flexibility index (Phi) is 5.23. The fraction of sp³-hybridized carbons (Fsp3) is 0.176. The second-order valence-electron chi connectivity index (χ2n) is 5.00. The third-order valence-electron chi connectivity index (χ3n) is 3.37. The van der Waals surface area contributed by atoms with Crippen LogP contribution in [-0.4, -0.2) is 18.9 Å². The number of hydrogen-bond donors (Lipinski definition) is 2. The zero-order valence-electron chi connectivity index (χ0n) is 12.8. The van der Waals surface area contributed by atoms with Crippen molar-refractivity contribution in [3.63, 3.8) is 0 Å². The molecule has 0 aliphatic rings. The number of amides is 2. The number of hydrogen-bond acceptors (Lipinski definition) is 2. The van der Waals surface area contributed by atoms with Gasteiger partial charge in [-0.25, -0.2) is 0 Å². The molecule has 0 saturated carbocycles. The Hall–Kier alpha value is -2.83. The summed E-state index contributed by atoms with van der Waals surface area (Å²) < 4.78 is 38.7. The van der Waals surface area contributed by atoms with Crippen LogP contribution in [0.4, 0.5) is 13.2 Å². The van der Waals surface area contributed by atoms with Crippen molar-refractivity contribution in [3.05, 3.63) is 70.8 Å². The molecule has 0 radical (unpaired) electrons. The molecule has 2 amide bonds. The molecule has 0 saturated heterocycles. The number of carbonyl (C=O) groups is 2. The van der Waals surface area contributed by atoms with E-state index in [1.54, 1.807) is 24.3 Å². The van der Waals surface area contributed by atoms with Crippen LogP contribution >= 0.6 is 0 Å². The van der Waals surface area contributed by atoms with Crippen molar-refractivity contribution in [2.75, 3.05) is 7.05 Å². The fourth-order valence-corrected chi connectivity index (χ4v) is 2.12. The summed E-state index contributed by atoms with van der Waals surface area (Å²) in [6.45, 7) is 0.0546. The van der Waals surface area contributed by atoms with Gasteiger partial charge in [-0.3, -0.25) is 9.59 Å². The van der Waals surface area contributed by atoms with Crippen LogP contribution < -0.4 is 10.6 Å². The zero-order chi connectivity index (χ0) is 17.7. The summed E-state index contributed by atoms with van der Waals surface area (Å²) in [5, 5.41) is 4.93. The maximum atomic E-state index is 12.9. The summed E-state index contributed by atoms with van der Waals surface area (Å²) in [6.07, 6.45) is -4.59. The summed E-state index contributed by atoms with van der Waals surface area (Å²) >= 11 is 0. The van der Waals surface area contributed by atoms with Gasteiger partial charge in [-0.1, -0.05) is 24.3 Å². The lowest BCUT2D eigenvalue weighted by atomic mass is 10.1. The summed E-state index contributed by atoms with van der Waals surface area (Å²) in [7, 11) is 1.51. The Bertz CT molecular complexity index is 740. The minimum Gasteiger partial charge on any atom is -0.355 e. The Morgan fingerprint density at radius 1 is 0.958 bits per heavy atom. The van der Waals surface area contributed by atoms with E-state index < -0.39 is 23.2 Å². The van der Waals surface area contributed by atoms with Gasteiger partial charge in [0.15, 0.2) is 0 Å². The van der Waals surface area contributed by atoms with Gasteiger partial charge in [0.2, 0.25) is 0 Å². The van der Waals surface area contributed by atoms with E-state index in [0.717, 1.165) is 12.1 Å². The van der Waals surface area contributed by atoms with Crippen molar-refractivity contribution in [2.45, 2.75) is 12.7 Å². The summed E-state index contributed by atoms with van der Waals surface area (Å²) in [5.74, 6) is -1.05. The molecule has 0 spiro atoms. The average molecular weight is 336 g/mol. The van der Waals surface area contributed by atoms with E-state index in [0.29, 0.717) is 11.1 Å². The van der Waals surface area contributed by atoms with Crippen LogP contribution in [0, 0.1) is 0 Å². The average Bonchev–Trinajstić information content (AvgIpc) is 2.58. The van der Waals surface area contributed by atoms with Gasteiger partial charge in [0.25, 0.3) is 11.8 Å². The minimum absolute atomic E-state index is 0.0546. The van der Waals surface area contributed by atoms with E-state index in [1.165, 1.54) is 19.2 Å². The van der Waals surface area contributed by atoms with E-state index in [9.17, 15) is 22.8 Å². The largest absolute Gasteiger partial charge is 0.417 e. The van der Waals surface area contributed by atoms with E-state index in [4.69, 9.17) is 0 Å². The molecule has 4 nitrogen and oxygen atoms in total. The molecule has 0 atom stereocenters. The first kappa shape index (κ1) is 17.5. The van der Waals surface area contributed by atoms with E-state index in [2.05, 4.69) is 10.6 Å². The summed E-state index contributed by atoms with van der Waals surface area (Å²) in [5.41, 5.74) is -0.278. The number of carbonyl (C=O) groups excluding carboxylic acids is 2. The third kappa shape index (κ3) is 4.13. The topological polar surface area (TPSA) is 58.2 Å². The summed E-state index contributed by atoms with van der Waals surface area (Å²) in [4.78, 5) is 23.5. The molecule has 2 rings (SSSR count). The molecule has 0 fully saturated rings. The minimum atomic E-state index is -4.59. The highest BCUT2D eigenvalue weighted by Crippen LogP contribution is 2.31. The van der Waals surface area contributed by atoms with E-state index in [1.807, 2.05) is 0 Å². The standard InChI is InChI=1S/C17H15F3N2O2/c1-21-15(23)12-8-6-11(7-9-12)10-22-16(24)13-4-2-3-5-14(13)17(18,19)20/h2-9H,10H2,1H3,(H,21,23)(H,22,24). The van der Waals surface area contributed by atoms with Gasteiger partial charge in [-0.05, 0) is 29.8 Å². The van der Waals surface area contributed by atoms with Crippen LogP contribution in [-0.2, 0) is 12.7 Å². The molecule has 2 aromatic rings. The first-order valence-electron chi connectivity index (χ1n) is 7.08. The Morgan fingerprint density at radius 3 is 2.17 bits per heavy atom. The second-order valence-corrected chi connectivity index (χ2v) is 5.00. The molecule has 0 bridgehead atoms. The molecule has 0 aliphatic heterocycles. The molecule has 2 N–H and O–H groups in total. The van der Waals surface area contributed by atoms with E-state index in [-0.39, 0.29) is 12.5 Å². The predicted octanol–water partition coefficient (Wildman–Crippen LogP) is 3.00. The van der Waals surface area contributed by atoms with Gasteiger partial charge in [-0.2, -0.15) is 13.2 Å². The Balaban J connectivity index is 2.08. The monoisotopic (exact) mass is 336 g/mol. The van der Waals surface area contributed by atoms with Crippen LogP contribution in [0.1, 0.15) is 31.8 Å². The van der Waals surface area contributed by atoms with Gasteiger partial charge >= 0.3 is 6.18 Å². The predicted molar refractivity (Wildman–Crippen MR) is 82.4 cm³/mol. The second kappa shape index (κ2) is 7.16. The van der Waals surface area contributed by atoms with Crippen molar-refractivity contribution in [2.24, 2.45) is 0 Å². The normalized spacial score (nSPS) is 11.0. The highest BCUT2D eigenvalue weighted by Gasteiger charge is 2.34.